The minimum Gasteiger partial charge on any atom is -0.481 e. The van der Waals surface area contributed by atoms with Crippen LogP contribution in [0.4, 0.5) is 0 Å². The van der Waals surface area contributed by atoms with Gasteiger partial charge in [0.25, 0.3) is 5.91 Å². The van der Waals surface area contributed by atoms with E-state index in [1.54, 1.807) is 24.0 Å². The molecule has 0 spiro atoms. The predicted octanol–water partition coefficient (Wildman–Crippen LogP) is 1.38. The highest BCUT2D eigenvalue weighted by Crippen LogP contribution is 2.19. The summed E-state index contributed by atoms with van der Waals surface area (Å²) in [5, 5.41) is 11.5. The second-order valence-corrected chi connectivity index (χ2v) is 5.92. The number of benzene rings is 1. The molecule has 1 aromatic carbocycles. The van der Waals surface area contributed by atoms with Crippen molar-refractivity contribution in [1.29, 1.82) is 0 Å². The van der Waals surface area contributed by atoms with Gasteiger partial charge in [0, 0.05) is 31.1 Å². The SMILES string of the molecule is CC(CNC(=O)C1CCN(C(=O)c2ccccc2)CC1)C(=O)O. The van der Waals surface area contributed by atoms with E-state index in [-0.39, 0.29) is 24.3 Å². The molecule has 0 saturated carbocycles. The van der Waals surface area contributed by atoms with Gasteiger partial charge < -0.3 is 15.3 Å². The van der Waals surface area contributed by atoms with Crippen molar-refractivity contribution in [3.05, 3.63) is 35.9 Å². The number of carboxylic acids is 1. The largest absolute Gasteiger partial charge is 0.481 e. The lowest BCUT2D eigenvalue weighted by Gasteiger charge is -2.31. The van der Waals surface area contributed by atoms with E-state index in [2.05, 4.69) is 5.32 Å². The minimum atomic E-state index is -0.923. The van der Waals surface area contributed by atoms with Crippen molar-refractivity contribution in [2.75, 3.05) is 19.6 Å². The molecule has 6 heteroatoms. The smallest absolute Gasteiger partial charge is 0.308 e. The lowest BCUT2D eigenvalue weighted by atomic mass is 9.95. The van der Waals surface area contributed by atoms with Gasteiger partial charge in [0.15, 0.2) is 0 Å². The molecule has 1 aliphatic rings. The molecule has 1 aliphatic heterocycles. The van der Waals surface area contributed by atoms with Gasteiger partial charge in [-0.2, -0.15) is 0 Å². The summed E-state index contributed by atoms with van der Waals surface area (Å²) in [5.41, 5.74) is 0.658. The highest BCUT2D eigenvalue weighted by molar-refractivity contribution is 5.94. The summed E-state index contributed by atoms with van der Waals surface area (Å²) in [7, 11) is 0. The second-order valence-electron chi connectivity index (χ2n) is 5.92. The molecule has 1 fully saturated rings. The van der Waals surface area contributed by atoms with Crippen LogP contribution >= 0.6 is 0 Å². The number of piperidine rings is 1. The molecule has 6 nitrogen and oxygen atoms in total. The average Bonchev–Trinajstić information content (AvgIpc) is 2.59. The number of hydrogen-bond donors (Lipinski definition) is 2. The van der Waals surface area contributed by atoms with Gasteiger partial charge in [0.1, 0.15) is 0 Å². The third-order valence-corrected chi connectivity index (χ3v) is 4.18. The first-order valence-electron chi connectivity index (χ1n) is 7.84. The Kier molecular flexibility index (Phi) is 5.73. The molecule has 2 rings (SSSR count). The number of carbonyl (C=O) groups is 3. The van der Waals surface area contributed by atoms with Crippen molar-refractivity contribution in [2.24, 2.45) is 11.8 Å². The molecular weight excluding hydrogens is 296 g/mol. The van der Waals surface area contributed by atoms with E-state index in [9.17, 15) is 14.4 Å². The third kappa shape index (κ3) is 4.55. The number of nitrogens with zero attached hydrogens (tertiary/aromatic N) is 1. The Hall–Kier alpha value is -2.37. The lowest BCUT2D eigenvalue weighted by Crippen LogP contribution is -2.44. The van der Waals surface area contributed by atoms with Crippen molar-refractivity contribution >= 4 is 17.8 Å². The fourth-order valence-corrected chi connectivity index (χ4v) is 2.59. The molecule has 1 atom stereocenters. The van der Waals surface area contributed by atoms with E-state index in [1.165, 1.54) is 0 Å². The molecule has 1 heterocycles. The van der Waals surface area contributed by atoms with Gasteiger partial charge in [-0.1, -0.05) is 25.1 Å². The first-order valence-corrected chi connectivity index (χ1v) is 7.84. The Morgan fingerprint density at radius 3 is 2.39 bits per heavy atom. The summed E-state index contributed by atoms with van der Waals surface area (Å²) in [6.45, 7) is 2.78. The number of amides is 2. The van der Waals surface area contributed by atoms with Crippen molar-refractivity contribution < 1.29 is 19.5 Å². The predicted molar refractivity (Wildman–Crippen MR) is 84.9 cm³/mol. The average molecular weight is 318 g/mol. The van der Waals surface area contributed by atoms with Crippen LogP contribution in [0.2, 0.25) is 0 Å². The number of aliphatic carboxylic acids is 1. The number of carboxylic acid groups (broad SMARTS) is 1. The first kappa shape index (κ1) is 17.0. The molecule has 1 aromatic rings. The Morgan fingerprint density at radius 2 is 1.83 bits per heavy atom. The lowest BCUT2D eigenvalue weighted by molar-refractivity contribution is -0.141. The Balaban J connectivity index is 1.80. The van der Waals surface area contributed by atoms with Crippen LogP contribution in [0.1, 0.15) is 30.1 Å². The third-order valence-electron chi connectivity index (χ3n) is 4.18. The molecule has 0 radical (unpaired) electrons. The maximum atomic E-state index is 12.3. The van der Waals surface area contributed by atoms with Crippen LogP contribution in [0.15, 0.2) is 30.3 Å². The number of likely N-dealkylation sites (tertiary alicyclic amines) is 1. The maximum Gasteiger partial charge on any atom is 0.308 e. The number of carbonyl (C=O) groups excluding carboxylic acids is 2. The van der Waals surface area contributed by atoms with E-state index in [4.69, 9.17) is 5.11 Å². The highest BCUT2D eigenvalue weighted by Gasteiger charge is 2.28. The number of rotatable bonds is 5. The van der Waals surface area contributed by atoms with Gasteiger partial charge in [-0.25, -0.2) is 0 Å². The summed E-state index contributed by atoms with van der Waals surface area (Å²) in [6.07, 6.45) is 1.21. The van der Waals surface area contributed by atoms with Crippen molar-refractivity contribution in [1.82, 2.24) is 10.2 Å². The van der Waals surface area contributed by atoms with Crippen molar-refractivity contribution in [2.45, 2.75) is 19.8 Å². The van der Waals surface area contributed by atoms with E-state index in [0.29, 0.717) is 31.5 Å². The molecule has 2 amide bonds. The van der Waals surface area contributed by atoms with E-state index < -0.39 is 11.9 Å². The summed E-state index contributed by atoms with van der Waals surface area (Å²) in [5.74, 6) is -1.81. The Bertz CT molecular complexity index is 565. The molecule has 0 aliphatic carbocycles. The zero-order valence-electron chi connectivity index (χ0n) is 13.2. The van der Waals surface area contributed by atoms with Crippen LogP contribution in [-0.4, -0.2) is 47.4 Å². The topological polar surface area (TPSA) is 86.7 Å². The Labute approximate surface area is 135 Å². The molecule has 23 heavy (non-hydrogen) atoms. The molecule has 124 valence electrons. The fourth-order valence-electron chi connectivity index (χ4n) is 2.59. The van der Waals surface area contributed by atoms with E-state index >= 15 is 0 Å². The van der Waals surface area contributed by atoms with Crippen LogP contribution in [0, 0.1) is 11.8 Å². The molecular formula is C17H22N2O4. The van der Waals surface area contributed by atoms with Gasteiger partial charge in [-0.3, -0.25) is 14.4 Å². The van der Waals surface area contributed by atoms with E-state index in [0.717, 1.165) is 0 Å². The van der Waals surface area contributed by atoms with Gasteiger partial charge >= 0.3 is 5.97 Å². The summed E-state index contributed by atoms with van der Waals surface area (Å²) in [4.78, 5) is 36.9. The maximum absolute atomic E-state index is 12.3. The van der Waals surface area contributed by atoms with Crippen LogP contribution in [-0.2, 0) is 9.59 Å². The number of nitrogens with one attached hydrogen (secondary N) is 1. The second kappa shape index (κ2) is 7.76. The Morgan fingerprint density at radius 1 is 1.22 bits per heavy atom. The van der Waals surface area contributed by atoms with Gasteiger partial charge in [-0.05, 0) is 25.0 Å². The number of hydrogen-bond acceptors (Lipinski definition) is 3. The molecule has 0 aromatic heterocycles. The van der Waals surface area contributed by atoms with Crippen LogP contribution in [0.25, 0.3) is 0 Å². The van der Waals surface area contributed by atoms with Gasteiger partial charge in [0.2, 0.25) is 5.91 Å². The zero-order valence-corrected chi connectivity index (χ0v) is 13.2. The summed E-state index contributed by atoms with van der Waals surface area (Å²) in [6, 6.07) is 9.10. The van der Waals surface area contributed by atoms with Gasteiger partial charge in [-0.15, -0.1) is 0 Å². The molecule has 1 unspecified atom stereocenters. The fraction of sp³-hybridized carbons (Fsp3) is 0.471. The van der Waals surface area contributed by atoms with Gasteiger partial charge in [0.05, 0.1) is 5.92 Å². The minimum absolute atomic E-state index is 0.0102. The standard InChI is InChI=1S/C17H22N2O4/c1-12(17(22)23)11-18-15(20)13-7-9-19(10-8-13)16(21)14-5-3-2-4-6-14/h2-6,12-13H,7-11H2,1H3,(H,18,20)(H,22,23). The van der Waals surface area contributed by atoms with Crippen molar-refractivity contribution in [3.8, 4) is 0 Å². The van der Waals surface area contributed by atoms with E-state index in [1.807, 2.05) is 18.2 Å². The molecule has 2 N–H and O–H groups in total. The zero-order chi connectivity index (χ0) is 16.8. The first-order chi connectivity index (χ1) is 11.0. The quantitative estimate of drug-likeness (QED) is 0.858. The highest BCUT2D eigenvalue weighted by atomic mass is 16.4. The summed E-state index contributed by atoms with van der Waals surface area (Å²) >= 11 is 0. The summed E-state index contributed by atoms with van der Waals surface area (Å²) < 4.78 is 0. The molecule has 0 bridgehead atoms. The monoisotopic (exact) mass is 318 g/mol. The van der Waals surface area contributed by atoms with Crippen molar-refractivity contribution in [3.63, 3.8) is 0 Å². The normalized spacial score (nSPS) is 16.7. The molecule has 1 saturated heterocycles. The van der Waals surface area contributed by atoms with Crippen LogP contribution < -0.4 is 5.32 Å². The van der Waals surface area contributed by atoms with Crippen LogP contribution in [0.3, 0.4) is 0 Å². The van der Waals surface area contributed by atoms with Crippen LogP contribution in [0.5, 0.6) is 0 Å².